The molecule has 90 valence electrons. The third-order valence-corrected chi connectivity index (χ3v) is 2.71. The van der Waals surface area contributed by atoms with Crippen LogP contribution in [-0.2, 0) is 0 Å². The average molecular weight is 221 g/mol. The van der Waals surface area contributed by atoms with Crippen molar-refractivity contribution in [3.05, 3.63) is 29.8 Å². The van der Waals surface area contributed by atoms with E-state index in [-0.39, 0.29) is 6.04 Å². The van der Waals surface area contributed by atoms with E-state index < -0.39 is 0 Å². The molecular weight excluding hydrogens is 198 g/mol. The van der Waals surface area contributed by atoms with E-state index in [0.29, 0.717) is 5.92 Å². The Balaban J connectivity index is 2.59. The monoisotopic (exact) mass is 221 g/mol. The molecule has 2 N–H and O–H groups in total. The fourth-order valence-electron chi connectivity index (χ4n) is 1.80. The normalized spacial score (nSPS) is 14.5. The topological polar surface area (TPSA) is 35.2 Å². The van der Waals surface area contributed by atoms with Gasteiger partial charge >= 0.3 is 0 Å². The van der Waals surface area contributed by atoms with E-state index in [4.69, 9.17) is 10.5 Å². The van der Waals surface area contributed by atoms with Crippen LogP contribution in [0.15, 0.2) is 24.3 Å². The molecule has 16 heavy (non-hydrogen) atoms. The smallest absolute Gasteiger partial charge is 0.124 e. The maximum Gasteiger partial charge on any atom is 0.124 e. The maximum absolute atomic E-state index is 5.90. The van der Waals surface area contributed by atoms with Gasteiger partial charge in [0.2, 0.25) is 0 Å². The van der Waals surface area contributed by atoms with E-state index in [9.17, 15) is 0 Å². The average Bonchev–Trinajstić information content (AvgIpc) is 2.27. The first kappa shape index (κ1) is 13.0. The van der Waals surface area contributed by atoms with Crippen LogP contribution in [0.5, 0.6) is 5.75 Å². The van der Waals surface area contributed by atoms with Crippen molar-refractivity contribution in [2.45, 2.75) is 39.7 Å². The number of hydrogen-bond donors (Lipinski definition) is 1. The Morgan fingerprint density at radius 1 is 1.25 bits per heavy atom. The van der Waals surface area contributed by atoms with Gasteiger partial charge in [-0.25, -0.2) is 0 Å². The van der Waals surface area contributed by atoms with Gasteiger partial charge in [0, 0.05) is 11.6 Å². The molecule has 0 spiro atoms. The van der Waals surface area contributed by atoms with Crippen LogP contribution in [0.1, 0.15) is 45.2 Å². The van der Waals surface area contributed by atoms with Gasteiger partial charge in [-0.2, -0.15) is 0 Å². The molecule has 0 radical (unpaired) electrons. The lowest BCUT2D eigenvalue weighted by atomic mass is 10.1. The summed E-state index contributed by atoms with van der Waals surface area (Å²) < 4.78 is 5.83. The molecule has 0 saturated heterocycles. The van der Waals surface area contributed by atoms with Gasteiger partial charge in [-0.05, 0) is 25.3 Å². The molecule has 0 aliphatic heterocycles. The van der Waals surface area contributed by atoms with Crippen molar-refractivity contribution in [1.29, 1.82) is 0 Å². The summed E-state index contributed by atoms with van der Waals surface area (Å²) in [7, 11) is 0. The second-order valence-corrected chi connectivity index (χ2v) is 4.53. The molecule has 0 aliphatic rings. The van der Waals surface area contributed by atoms with Crippen molar-refractivity contribution in [3.8, 4) is 5.75 Å². The standard InChI is InChI=1S/C14H23NO/c1-4-7-11(2)10-16-14-9-6-5-8-13(14)12(3)15/h5-6,8-9,11-12H,4,7,10,15H2,1-3H3. The Morgan fingerprint density at radius 3 is 2.56 bits per heavy atom. The molecule has 0 aromatic heterocycles. The van der Waals surface area contributed by atoms with Crippen LogP contribution in [0.25, 0.3) is 0 Å². The van der Waals surface area contributed by atoms with Crippen LogP contribution < -0.4 is 10.5 Å². The van der Waals surface area contributed by atoms with Gasteiger partial charge in [-0.1, -0.05) is 38.5 Å². The van der Waals surface area contributed by atoms with Crippen LogP contribution in [0.4, 0.5) is 0 Å². The van der Waals surface area contributed by atoms with Gasteiger partial charge in [0.15, 0.2) is 0 Å². The molecule has 1 rings (SSSR count). The zero-order valence-electron chi connectivity index (χ0n) is 10.6. The number of nitrogens with two attached hydrogens (primary N) is 1. The summed E-state index contributed by atoms with van der Waals surface area (Å²) in [4.78, 5) is 0. The van der Waals surface area contributed by atoms with Crippen molar-refractivity contribution in [2.75, 3.05) is 6.61 Å². The van der Waals surface area contributed by atoms with Gasteiger partial charge in [0.05, 0.1) is 6.61 Å². The van der Waals surface area contributed by atoms with Gasteiger partial charge in [0.1, 0.15) is 5.75 Å². The second kappa shape index (κ2) is 6.54. The van der Waals surface area contributed by atoms with E-state index in [1.54, 1.807) is 0 Å². The number of hydrogen-bond acceptors (Lipinski definition) is 2. The highest BCUT2D eigenvalue weighted by Gasteiger charge is 2.08. The molecule has 1 aromatic rings. The molecule has 0 saturated carbocycles. The summed E-state index contributed by atoms with van der Waals surface area (Å²) in [6.45, 7) is 7.18. The van der Waals surface area contributed by atoms with Crippen molar-refractivity contribution in [2.24, 2.45) is 11.7 Å². The van der Waals surface area contributed by atoms with Crippen molar-refractivity contribution in [3.63, 3.8) is 0 Å². The highest BCUT2D eigenvalue weighted by atomic mass is 16.5. The van der Waals surface area contributed by atoms with Crippen molar-refractivity contribution >= 4 is 0 Å². The molecule has 0 fully saturated rings. The second-order valence-electron chi connectivity index (χ2n) is 4.53. The van der Waals surface area contributed by atoms with Crippen LogP contribution >= 0.6 is 0 Å². The predicted octanol–water partition coefficient (Wildman–Crippen LogP) is 3.52. The zero-order valence-corrected chi connectivity index (χ0v) is 10.6. The molecule has 1 aromatic carbocycles. The van der Waals surface area contributed by atoms with E-state index >= 15 is 0 Å². The summed E-state index contributed by atoms with van der Waals surface area (Å²) in [6.07, 6.45) is 2.42. The number of ether oxygens (including phenoxy) is 1. The predicted molar refractivity (Wildman–Crippen MR) is 68.6 cm³/mol. The van der Waals surface area contributed by atoms with Crippen molar-refractivity contribution < 1.29 is 4.74 Å². The SMILES string of the molecule is CCCC(C)COc1ccccc1C(C)N. The molecule has 0 bridgehead atoms. The van der Waals surface area contributed by atoms with Crippen LogP contribution in [0.3, 0.4) is 0 Å². The third-order valence-electron chi connectivity index (χ3n) is 2.71. The summed E-state index contributed by atoms with van der Waals surface area (Å²) in [6, 6.07) is 8.05. The van der Waals surface area contributed by atoms with Gasteiger partial charge in [-0.15, -0.1) is 0 Å². The van der Waals surface area contributed by atoms with Crippen LogP contribution in [0.2, 0.25) is 0 Å². The van der Waals surface area contributed by atoms with Crippen molar-refractivity contribution in [1.82, 2.24) is 0 Å². The zero-order chi connectivity index (χ0) is 12.0. The largest absolute Gasteiger partial charge is 0.493 e. The molecule has 2 unspecified atom stereocenters. The summed E-state index contributed by atoms with van der Waals surface area (Å²) >= 11 is 0. The first-order chi connectivity index (χ1) is 7.65. The Labute approximate surface area is 98.8 Å². The molecule has 2 atom stereocenters. The van der Waals surface area contributed by atoms with Crippen LogP contribution in [0, 0.1) is 5.92 Å². The van der Waals surface area contributed by atoms with Crippen LogP contribution in [-0.4, -0.2) is 6.61 Å². The Morgan fingerprint density at radius 2 is 1.94 bits per heavy atom. The van der Waals surface area contributed by atoms with Gasteiger partial charge in [-0.3, -0.25) is 0 Å². The molecule has 0 amide bonds. The highest BCUT2D eigenvalue weighted by molar-refractivity contribution is 5.35. The fraction of sp³-hybridized carbons (Fsp3) is 0.571. The Bertz CT molecular complexity index is 309. The molecule has 2 nitrogen and oxygen atoms in total. The summed E-state index contributed by atoms with van der Waals surface area (Å²) in [5, 5.41) is 0. The molecule has 0 heterocycles. The Hall–Kier alpha value is -1.02. The number of rotatable bonds is 6. The van der Waals surface area contributed by atoms with Gasteiger partial charge in [0.25, 0.3) is 0 Å². The van der Waals surface area contributed by atoms with E-state index in [0.717, 1.165) is 17.9 Å². The number of para-hydroxylation sites is 1. The van der Waals surface area contributed by atoms with E-state index in [1.165, 1.54) is 12.8 Å². The highest BCUT2D eigenvalue weighted by Crippen LogP contribution is 2.23. The first-order valence-electron chi connectivity index (χ1n) is 6.12. The quantitative estimate of drug-likeness (QED) is 0.797. The van der Waals surface area contributed by atoms with E-state index in [2.05, 4.69) is 13.8 Å². The summed E-state index contributed by atoms with van der Waals surface area (Å²) in [5.41, 5.74) is 6.99. The minimum absolute atomic E-state index is 0.0256. The summed E-state index contributed by atoms with van der Waals surface area (Å²) in [5.74, 6) is 1.53. The molecular formula is C14H23NO. The van der Waals surface area contributed by atoms with E-state index in [1.807, 2.05) is 31.2 Å². The molecule has 2 heteroatoms. The van der Waals surface area contributed by atoms with Gasteiger partial charge < -0.3 is 10.5 Å². The minimum atomic E-state index is 0.0256. The lowest BCUT2D eigenvalue weighted by Crippen LogP contribution is -2.12. The maximum atomic E-state index is 5.90. The fourth-order valence-corrected chi connectivity index (χ4v) is 1.80. The lowest BCUT2D eigenvalue weighted by Gasteiger charge is -2.16. The minimum Gasteiger partial charge on any atom is -0.493 e. The lowest BCUT2D eigenvalue weighted by molar-refractivity contribution is 0.248. The first-order valence-corrected chi connectivity index (χ1v) is 6.12. The Kier molecular flexibility index (Phi) is 5.33. The molecule has 0 aliphatic carbocycles. The number of benzene rings is 1. The third kappa shape index (κ3) is 3.86.